The fourth-order valence-corrected chi connectivity index (χ4v) is 3.27. The van der Waals surface area contributed by atoms with Crippen LogP contribution in [0.25, 0.3) is 0 Å². The van der Waals surface area contributed by atoms with Gasteiger partial charge in [0.15, 0.2) is 0 Å². The highest BCUT2D eigenvalue weighted by molar-refractivity contribution is 5.93. The molecule has 0 saturated heterocycles. The van der Waals surface area contributed by atoms with E-state index < -0.39 is 0 Å². The maximum Gasteiger partial charge on any atom is 0.238 e. The molecule has 0 fully saturated rings. The third kappa shape index (κ3) is 6.81. The highest BCUT2D eigenvalue weighted by atomic mass is 16.2. The number of nitrogens with zero attached hydrogens (tertiary/aromatic N) is 2. The minimum absolute atomic E-state index is 0.0443. The van der Waals surface area contributed by atoms with E-state index in [0.717, 1.165) is 49.5 Å². The van der Waals surface area contributed by atoms with Crippen molar-refractivity contribution >= 4 is 11.6 Å². The third-order valence-corrected chi connectivity index (χ3v) is 4.99. The van der Waals surface area contributed by atoms with Crippen LogP contribution in [0.4, 0.5) is 5.69 Å². The molecule has 1 N–H and O–H groups in total. The van der Waals surface area contributed by atoms with Crippen LogP contribution in [0.5, 0.6) is 0 Å². The van der Waals surface area contributed by atoms with Gasteiger partial charge in [0, 0.05) is 25.3 Å². The normalized spacial score (nSPS) is 11.2. The Hall–Kier alpha value is -2.17. The first-order valence-corrected chi connectivity index (χ1v) is 9.88. The number of benzene rings is 2. The largest absolute Gasteiger partial charge is 0.324 e. The van der Waals surface area contributed by atoms with Gasteiger partial charge in [0.05, 0.1) is 6.54 Å². The Labute approximate surface area is 164 Å². The fourth-order valence-electron chi connectivity index (χ4n) is 3.27. The molecule has 0 bridgehead atoms. The number of nitrogens with one attached hydrogen (secondary N) is 1. The van der Waals surface area contributed by atoms with Gasteiger partial charge in [0.2, 0.25) is 5.91 Å². The second-order valence-electron chi connectivity index (χ2n) is 7.04. The van der Waals surface area contributed by atoms with E-state index in [2.05, 4.69) is 53.2 Å². The molecule has 2 aromatic carbocycles. The Bertz CT molecular complexity index is 691. The number of hydrogen-bond donors (Lipinski definition) is 1. The molecule has 0 radical (unpaired) electrons. The number of amides is 1. The van der Waals surface area contributed by atoms with Crippen molar-refractivity contribution in [2.24, 2.45) is 0 Å². The van der Waals surface area contributed by atoms with Crippen LogP contribution < -0.4 is 5.32 Å². The van der Waals surface area contributed by atoms with Crippen LogP contribution in [0.3, 0.4) is 0 Å². The van der Waals surface area contributed by atoms with Gasteiger partial charge in [-0.3, -0.25) is 9.69 Å². The second kappa shape index (κ2) is 10.9. The number of carbonyl (C=O) groups is 1. The standard InChI is InChI=1S/C23H33N3O/c1-5-25(6-2)15-16-26(17-21-13-8-7-9-14-21)18-22(27)24-23-19(3)11-10-12-20(23)4/h7-14H,5-6,15-18H2,1-4H3,(H,24,27). The lowest BCUT2D eigenvalue weighted by atomic mass is 10.1. The Balaban J connectivity index is 2.04. The molecule has 4 heteroatoms. The molecule has 0 saturated carbocycles. The summed E-state index contributed by atoms with van der Waals surface area (Å²) in [6.07, 6.45) is 0. The van der Waals surface area contributed by atoms with Crippen molar-refractivity contribution in [2.45, 2.75) is 34.2 Å². The van der Waals surface area contributed by atoms with E-state index in [1.165, 1.54) is 5.56 Å². The van der Waals surface area contributed by atoms with Gasteiger partial charge < -0.3 is 10.2 Å². The highest BCUT2D eigenvalue weighted by Crippen LogP contribution is 2.19. The first kappa shape index (κ1) is 21.1. The first-order valence-electron chi connectivity index (χ1n) is 9.88. The van der Waals surface area contributed by atoms with Gasteiger partial charge in [0.1, 0.15) is 0 Å². The summed E-state index contributed by atoms with van der Waals surface area (Å²) in [5.74, 6) is 0.0443. The first-order chi connectivity index (χ1) is 13.0. The number of likely N-dealkylation sites (N-methyl/N-ethyl adjacent to an activating group) is 1. The lowest BCUT2D eigenvalue weighted by molar-refractivity contribution is -0.117. The van der Waals surface area contributed by atoms with Gasteiger partial charge in [-0.05, 0) is 43.6 Å². The van der Waals surface area contributed by atoms with Crippen LogP contribution in [0.1, 0.15) is 30.5 Å². The molecule has 0 atom stereocenters. The third-order valence-electron chi connectivity index (χ3n) is 4.99. The topological polar surface area (TPSA) is 35.6 Å². The van der Waals surface area contributed by atoms with Crippen molar-refractivity contribution in [3.63, 3.8) is 0 Å². The predicted molar refractivity (Wildman–Crippen MR) is 114 cm³/mol. The number of hydrogen-bond acceptors (Lipinski definition) is 3. The van der Waals surface area contributed by atoms with Crippen LogP contribution in [0, 0.1) is 13.8 Å². The van der Waals surface area contributed by atoms with Crippen molar-refractivity contribution in [1.29, 1.82) is 0 Å². The number of anilines is 1. The van der Waals surface area contributed by atoms with Crippen molar-refractivity contribution in [2.75, 3.05) is 38.0 Å². The van der Waals surface area contributed by atoms with Crippen LogP contribution in [-0.4, -0.2) is 48.4 Å². The Morgan fingerprint density at radius 1 is 0.852 bits per heavy atom. The van der Waals surface area contributed by atoms with E-state index in [9.17, 15) is 4.79 Å². The Kier molecular flexibility index (Phi) is 8.49. The lowest BCUT2D eigenvalue weighted by Crippen LogP contribution is -2.39. The van der Waals surface area contributed by atoms with Gasteiger partial charge in [0.25, 0.3) is 0 Å². The average Bonchev–Trinajstić information content (AvgIpc) is 2.66. The molecule has 0 unspecified atom stereocenters. The monoisotopic (exact) mass is 367 g/mol. The van der Waals surface area contributed by atoms with Crippen LogP contribution in [-0.2, 0) is 11.3 Å². The summed E-state index contributed by atoms with van der Waals surface area (Å²) in [6, 6.07) is 16.4. The van der Waals surface area contributed by atoms with Crippen LogP contribution in [0.2, 0.25) is 0 Å². The minimum Gasteiger partial charge on any atom is -0.324 e. The van der Waals surface area contributed by atoms with E-state index in [1.54, 1.807) is 0 Å². The molecule has 0 aliphatic heterocycles. The summed E-state index contributed by atoms with van der Waals surface area (Å²) in [5.41, 5.74) is 4.37. The van der Waals surface area contributed by atoms with E-state index in [1.807, 2.05) is 38.1 Å². The average molecular weight is 368 g/mol. The predicted octanol–water partition coefficient (Wildman–Crippen LogP) is 4.09. The minimum atomic E-state index is 0.0443. The quantitative estimate of drug-likeness (QED) is 0.687. The van der Waals surface area contributed by atoms with Gasteiger partial charge in [-0.1, -0.05) is 62.4 Å². The fraction of sp³-hybridized carbons (Fsp3) is 0.435. The summed E-state index contributed by atoms with van der Waals surface area (Å²) in [7, 11) is 0. The maximum atomic E-state index is 12.7. The van der Waals surface area contributed by atoms with Gasteiger partial charge >= 0.3 is 0 Å². The van der Waals surface area contributed by atoms with E-state index in [0.29, 0.717) is 6.54 Å². The molecule has 4 nitrogen and oxygen atoms in total. The number of rotatable bonds is 10. The molecule has 146 valence electrons. The van der Waals surface area contributed by atoms with Crippen LogP contribution in [0.15, 0.2) is 48.5 Å². The highest BCUT2D eigenvalue weighted by Gasteiger charge is 2.14. The molecular weight excluding hydrogens is 334 g/mol. The number of carbonyl (C=O) groups excluding carboxylic acids is 1. The molecule has 2 rings (SSSR count). The molecule has 0 aromatic heterocycles. The van der Waals surface area contributed by atoms with E-state index in [4.69, 9.17) is 0 Å². The molecular formula is C23H33N3O. The molecule has 27 heavy (non-hydrogen) atoms. The van der Waals surface area contributed by atoms with Crippen molar-refractivity contribution < 1.29 is 4.79 Å². The SMILES string of the molecule is CCN(CC)CCN(CC(=O)Nc1c(C)cccc1C)Cc1ccccc1. The molecule has 0 spiro atoms. The molecule has 0 aliphatic carbocycles. The van der Waals surface area contributed by atoms with Crippen LogP contribution >= 0.6 is 0 Å². The number of aryl methyl sites for hydroxylation is 2. The van der Waals surface area contributed by atoms with E-state index >= 15 is 0 Å². The summed E-state index contributed by atoms with van der Waals surface area (Å²) < 4.78 is 0. The Morgan fingerprint density at radius 3 is 2.04 bits per heavy atom. The van der Waals surface area contributed by atoms with Crippen molar-refractivity contribution in [3.05, 3.63) is 65.2 Å². The summed E-state index contributed by atoms with van der Waals surface area (Å²) in [4.78, 5) is 17.4. The molecule has 0 heterocycles. The molecule has 2 aromatic rings. The van der Waals surface area contributed by atoms with Crippen molar-refractivity contribution in [3.8, 4) is 0 Å². The summed E-state index contributed by atoms with van der Waals surface area (Å²) in [5, 5.41) is 3.12. The second-order valence-corrected chi connectivity index (χ2v) is 7.04. The summed E-state index contributed by atoms with van der Waals surface area (Å²) >= 11 is 0. The number of para-hydroxylation sites is 1. The molecule has 1 amide bonds. The van der Waals surface area contributed by atoms with Gasteiger partial charge in [-0.15, -0.1) is 0 Å². The smallest absolute Gasteiger partial charge is 0.238 e. The lowest BCUT2D eigenvalue weighted by Gasteiger charge is -2.26. The Morgan fingerprint density at radius 2 is 1.44 bits per heavy atom. The zero-order valence-electron chi connectivity index (χ0n) is 17.2. The summed E-state index contributed by atoms with van der Waals surface area (Å²) in [6.45, 7) is 13.5. The zero-order valence-corrected chi connectivity index (χ0v) is 17.2. The maximum absolute atomic E-state index is 12.7. The zero-order chi connectivity index (χ0) is 19.6. The van der Waals surface area contributed by atoms with E-state index in [-0.39, 0.29) is 5.91 Å². The van der Waals surface area contributed by atoms with Crippen molar-refractivity contribution in [1.82, 2.24) is 9.80 Å². The van der Waals surface area contributed by atoms with Gasteiger partial charge in [-0.2, -0.15) is 0 Å². The van der Waals surface area contributed by atoms with Gasteiger partial charge in [-0.25, -0.2) is 0 Å². The molecule has 0 aliphatic rings.